The molecule has 0 radical (unpaired) electrons. The third-order valence-electron chi connectivity index (χ3n) is 3.99. The van der Waals surface area contributed by atoms with Crippen molar-refractivity contribution in [1.82, 2.24) is 9.97 Å². The van der Waals surface area contributed by atoms with E-state index in [0.29, 0.717) is 26.8 Å². The number of nitrogens with zero attached hydrogens (tertiary/aromatic N) is 2. The summed E-state index contributed by atoms with van der Waals surface area (Å²) < 4.78 is 26.4. The first-order valence-electron chi connectivity index (χ1n) is 8.34. The first-order chi connectivity index (χ1) is 13.6. The molecule has 0 unspecified atom stereocenters. The van der Waals surface area contributed by atoms with Gasteiger partial charge >= 0.3 is 0 Å². The molecule has 0 atom stereocenters. The molecule has 0 aliphatic rings. The Morgan fingerprint density at radius 2 is 1.57 bits per heavy atom. The fraction of sp³-hybridized carbons (Fsp3) is 0. The summed E-state index contributed by atoms with van der Waals surface area (Å²) in [6.07, 6.45) is 3.34. The summed E-state index contributed by atoms with van der Waals surface area (Å²) in [5, 5.41) is 4.01. The number of hydrogen-bond acceptors (Lipinski definition) is 4. The molecule has 0 saturated heterocycles. The molecule has 4 aromatic rings. The normalized spacial score (nSPS) is 10.6. The molecular formula is C21H13F2N3OS. The van der Waals surface area contributed by atoms with Gasteiger partial charge in [0.25, 0.3) is 5.91 Å². The average molecular weight is 393 g/mol. The van der Waals surface area contributed by atoms with Crippen LogP contribution in [0.15, 0.2) is 73.1 Å². The van der Waals surface area contributed by atoms with Crippen LogP contribution in [0.5, 0.6) is 0 Å². The number of anilines is 1. The Morgan fingerprint density at radius 1 is 0.893 bits per heavy atom. The largest absolute Gasteiger partial charge is 0.312 e. The third kappa shape index (κ3) is 3.79. The van der Waals surface area contributed by atoms with Crippen LogP contribution in [-0.4, -0.2) is 15.9 Å². The monoisotopic (exact) mass is 393 g/mol. The van der Waals surface area contributed by atoms with Crippen molar-refractivity contribution in [2.24, 2.45) is 0 Å². The summed E-state index contributed by atoms with van der Waals surface area (Å²) in [7, 11) is 0. The molecule has 0 aliphatic heterocycles. The SMILES string of the molecule is O=C(Nc1sc(-c2cccnc2)nc1-c1ccc(F)cc1)c1ccc(F)cc1. The highest BCUT2D eigenvalue weighted by Crippen LogP contribution is 2.38. The number of pyridine rings is 1. The molecule has 7 heteroatoms. The van der Waals surface area contributed by atoms with Gasteiger partial charge in [0.05, 0.1) is 0 Å². The zero-order valence-corrected chi connectivity index (χ0v) is 15.2. The summed E-state index contributed by atoms with van der Waals surface area (Å²) in [5.41, 5.74) is 2.32. The standard InChI is InChI=1S/C21H13F2N3OS/c22-16-7-3-13(4-8-16)18-21(26-19(27)14-5-9-17(23)10-6-14)28-20(25-18)15-2-1-11-24-12-15/h1-12H,(H,26,27). The predicted octanol–water partition coefficient (Wildman–Crippen LogP) is 5.40. The highest BCUT2D eigenvalue weighted by atomic mass is 32.1. The molecule has 2 aromatic carbocycles. The minimum Gasteiger partial charge on any atom is -0.312 e. The van der Waals surface area contributed by atoms with Gasteiger partial charge in [-0.25, -0.2) is 13.8 Å². The number of nitrogens with one attached hydrogen (secondary N) is 1. The zero-order chi connectivity index (χ0) is 19.5. The van der Waals surface area contributed by atoms with E-state index < -0.39 is 5.82 Å². The lowest BCUT2D eigenvalue weighted by atomic mass is 10.1. The Labute approximate surface area is 163 Å². The first kappa shape index (κ1) is 17.9. The van der Waals surface area contributed by atoms with Crippen LogP contribution < -0.4 is 5.32 Å². The van der Waals surface area contributed by atoms with Crippen molar-refractivity contribution < 1.29 is 13.6 Å². The third-order valence-corrected chi connectivity index (χ3v) is 5.01. The minimum absolute atomic E-state index is 0.322. The van der Waals surface area contributed by atoms with E-state index in [2.05, 4.69) is 15.3 Å². The number of hydrogen-bond donors (Lipinski definition) is 1. The molecule has 0 saturated carbocycles. The maximum absolute atomic E-state index is 13.3. The Balaban J connectivity index is 1.73. The van der Waals surface area contributed by atoms with Gasteiger partial charge in [0, 0.05) is 29.1 Å². The van der Waals surface area contributed by atoms with E-state index in [1.165, 1.54) is 47.7 Å². The molecule has 2 aromatic heterocycles. The van der Waals surface area contributed by atoms with E-state index in [4.69, 9.17) is 0 Å². The fourth-order valence-corrected chi connectivity index (χ4v) is 3.57. The van der Waals surface area contributed by atoms with Gasteiger partial charge in [0.2, 0.25) is 0 Å². The van der Waals surface area contributed by atoms with Gasteiger partial charge in [-0.05, 0) is 60.7 Å². The summed E-state index contributed by atoms with van der Waals surface area (Å²) in [5.74, 6) is -1.16. The van der Waals surface area contributed by atoms with Gasteiger partial charge in [-0.2, -0.15) is 0 Å². The molecule has 1 amide bonds. The van der Waals surface area contributed by atoms with Crippen molar-refractivity contribution >= 4 is 22.2 Å². The lowest BCUT2D eigenvalue weighted by molar-refractivity contribution is 0.102. The van der Waals surface area contributed by atoms with Gasteiger partial charge in [0.15, 0.2) is 0 Å². The van der Waals surface area contributed by atoms with Crippen molar-refractivity contribution in [3.8, 4) is 21.8 Å². The molecule has 0 fully saturated rings. The molecule has 0 bridgehead atoms. The summed E-state index contributed by atoms with van der Waals surface area (Å²) in [4.78, 5) is 21.3. The lowest BCUT2D eigenvalue weighted by Crippen LogP contribution is -2.11. The second kappa shape index (κ2) is 7.66. The molecule has 0 spiro atoms. The summed E-state index contributed by atoms with van der Waals surface area (Å²) >= 11 is 1.29. The molecular weight excluding hydrogens is 380 g/mol. The van der Waals surface area contributed by atoms with Crippen molar-refractivity contribution in [2.45, 2.75) is 0 Å². The number of aromatic nitrogens is 2. The maximum atomic E-state index is 13.3. The topological polar surface area (TPSA) is 54.9 Å². The van der Waals surface area contributed by atoms with Crippen LogP contribution in [0.25, 0.3) is 21.8 Å². The number of halogens is 2. The molecule has 4 nitrogen and oxygen atoms in total. The van der Waals surface area contributed by atoms with Crippen molar-refractivity contribution in [3.63, 3.8) is 0 Å². The number of carbonyl (C=O) groups is 1. The van der Waals surface area contributed by atoms with E-state index in [1.54, 1.807) is 30.6 Å². The van der Waals surface area contributed by atoms with Crippen LogP contribution in [0.1, 0.15) is 10.4 Å². The number of carbonyl (C=O) groups excluding carboxylic acids is 1. The summed E-state index contributed by atoms with van der Waals surface area (Å²) in [6.45, 7) is 0. The van der Waals surface area contributed by atoms with Gasteiger partial charge < -0.3 is 5.32 Å². The maximum Gasteiger partial charge on any atom is 0.256 e. The summed E-state index contributed by atoms with van der Waals surface area (Å²) in [6, 6.07) is 14.8. The van der Waals surface area contributed by atoms with E-state index >= 15 is 0 Å². The van der Waals surface area contributed by atoms with Crippen LogP contribution in [-0.2, 0) is 0 Å². The number of benzene rings is 2. The number of amides is 1. The molecule has 2 heterocycles. The quantitative estimate of drug-likeness (QED) is 0.505. The van der Waals surface area contributed by atoms with E-state index in [-0.39, 0.29) is 11.7 Å². The van der Waals surface area contributed by atoms with Crippen molar-refractivity contribution in [1.29, 1.82) is 0 Å². The lowest BCUT2D eigenvalue weighted by Gasteiger charge is -2.05. The van der Waals surface area contributed by atoms with E-state index in [9.17, 15) is 13.6 Å². The van der Waals surface area contributed by atoms with Gasteiger partial charge in [-0.15, -0.1) is 0 Å². The van der Waals surface area contributed by atoms with Crippen LogP contribution in [0.3, 0.4) is 0 Å². The van der Waals surface area contributed by atoms with Gasteiger partial charge in [-0.1, -0.05) is 11.3 Å². The Morgan fingerprint density at radius 3 is 2.21 bits per heavy atom. The van der Waals surface area contributed by atoms with Crippen molar-refractivity contribution in [3.05, 3.63) is 90.3 Å². The number of rotatable bonds is 4. The van der Waals surface area contributed by atoms with Crippen molar-refractivity contribution in [2.75, 3.05) is 5.32 Å². The minimum atomic E-state index is -0.416. The van der Waals surface area contributed by atoms with E-state index in [0.717, 1.165) is 5.56 Å². The molecule has 28 heavy (non-hydrogen) atoms. The van der Waals surface area contributed by atoms with Crippen LogP contribution >= 0.6 is 11.3 Å². The smallest absolute Gasteiger partial charge is 0.256 e. The Hall–Kier alpha value is -3.45. The molecule has 4 rings (SSSR count). The van der Waals surface area contributed by atoms with Crippen LogP contribution in [0.4, 0.5) is 13.8 Å². The van der Waals surface area contributed by atoms with Gasteiger partial charge in [-0.3, -0.25) is 9.78 Å². The van der Waals surface area contributed by atoms with E-state index in [1.807, 2.05) is 6.07 Å². The first-order valence-corrected chi connectivity index (χ1v) is 9.16. The highest BCUT2D eigenvalue weighted by Gasteiger charge is 2.17. The predicted molar refractivity (Wildman–Crippen MR) is 105 cm³/mol. The fourth-order valence-electron chi connectivity index (χ4n) is 2.60. The zero-order valence-electron chi connectivity index (χ0n) is 14.4. The second-order valence-corrected chi connectivity index (χ2v) is 6.91. The highest BCUT2D eigenvalue weighted by molar-refractivity contribution is 7.19. The Kier molecular flexibility index (Phi) is 4.90. The average Bonchev–Trinajstić information content (AvgIpc) is 3.13. The molecule has 138 valence electrons. The van der Waals surface area contributed by atoms with Crippen LogP contribution in [0, 0.1) is 11.6 Å². The Bertz CT molecular complexity index is 1110. The second-order valence-electron chi connectivity index (χ2n) is 5.91. The molecule has 0 aliphatic carbocycles. The van der Waals surface area contributed by atoms with Gasteiger partial charge in [0.1, 0.15) is 27.3 Å². The molecule has 1 N–H and O–H groups in total. The van der Waals surface area contributed by atoms with Crippen LogP contribution in [0.2, 0.25) is 0 Å². The number of thiazole rings is 1.